The van der Waals surface area contributed by atoms with Crippen LogP contribution in [0.5, 0.6) is 0 Å². The van der Waals surface area contributed by atoms with Gasteiger partial charge in [0.25, 0.3) is 0 Å². The SMILES string of the molecule is O=C(Cl)N(Cc1ccc(F)cc1)[C@H]1CCNC[C@H]1F. The number of nitrogens with zero attached hydrogens (tertiary/aromatic N) is 1. The standard InChI is InChI=1S/C13H15ClF2N2O/c14-13(19)18(12-5-6-17-7-11(12)16)8-9-1-3-10(15)4-2-9/h1-4,11-12,17H,5-8H2/t11-,12+/m1/s1. The molecule has 1 aliphatic rings. The minimum absolute atomic E-state index is 0.188. The molecule has 1 fully saturated rings. The molecule has 19 heavy (non-hydrogen) atoms. The molecule has 1 N–H and O–H groups in total. The molecule has 0 bridgehead atoms. The van der Waals surface area contributed by atoms with Crippen LogP contribution in [0.15, 0.2) is 24.3 Å². The van der Waals surface area contributed by atoms with Gasteiger partial charge in [-0.15, -0.1) is 0 Å². The van der Waals surface area contributed by atoms with Crippen LogP contribution < -0.4 is 5.32 Å². The van der Waals surface area contributed by atoms with Crippen LogP contribution in [0, 0.1) is 5.82 Å². The summed E-state index contributed by atoms with van der Waals surface area (Å²) in [7, 11) is 0. The van der Waals surface area contributed by atoms with E-state index in [0.29, 0.717) is 13.0 Å². The predicted molar refractivity (Wildman–Crippen MR) is 69.4 cm³/mol. The van der Waals surface area contributed by atoms with Crippen LogP contribution in [0.4, 0.5) is 13.6 Å². The topological polar surface area (TPSA) is 32.3 Å². The zero-order valence-electron chi connectivity index (χ0n) is 10.3. The van der Waals surface area contributed by atoms with Crippen molar-refractivity contribution >= 4 is 17.0 Å². The molecule has 3 nitrogen and oxygen atoms in total. The first-order valence-corrected chi connectivity index (χ1v) is 6.51. The van der Waals surface area contributed by atoms with Crippen molar-refractivity contribution in [1.82, 2.24) is 10.2 Å². The van der Waals surface area contributed by atoms with Crippen LogP contribution in [0.25, 0.3) is 0 Å². The molecule has 1 amide bonds. The van der Waals surface area contributed by atoms with Gasteiger partial charge in [0.2, 0.25) is 0 Å². The van der Waals surface area contributed by atoms with Gasteiger partial charge in [-0.1, -0.05) is 12.1 Å². The molecule has 104 valence electrons. The summed E-state index contributed by atoms with van der Waals surface area (Å²) in [5.74, 6) is -0.349. The largest absolute Gasteiger partial charge is 0.319 e. The number of hydrogen-bond acceptors (Lipinski definition) is 2. The number of amides is 1. The third kappa shape index (κ3) is 3.64. The van der Waals surface area contributed by atoms with Crippen molar-refractivity contribution < 1.29 is 13.6 Å². The summed E-state index contributed by atoms with van der Waals surface area (Å²) in [6, 6.07) is 5.21. The molecule has 0 aromatic heterocycles. The first-order valence-electron chi connectivity index (χ1n) is 6.13. The lowest BCUT2D eigenvalue weighted by molar-refractivity contribution is 0.109. The Balaban J connectivity index is 2.11. The minimum Gasteiger partial charge on any atom is -0.319 e. The monoisotopic (exact) mass is 288 g/mol. The fraction of sp³-hybridized carbons (Fsp3) is 0.462. The number of carbonyl (C=O) groups excluding carboxylic acids is 1. The van der Waals surface area contributed by atoms with Gasteiger partial charge in [0.15, 0.2) is 0 Å². The van der Waals surface area contributed by atoms with Gasteiger partial charge in [0, 0.05) is 13.1 Å². The number of carbonyl (C=O) groups is 1. The fourth-order valence-corrected chi connectivity index (χ4v) is 2.44. The highest BCUT2D eigenvalue weighted by Crippen LogP contribution is 2.20. The first kappa shape index (κ1) is 14.2. The molecule has 1 aromatic carbocycles. The molecule has 0 unspecified atom stereocenters. The van der Waals surface area contributed by atoms with Gasteiger partial charge in [0.1, 0.15) is 12.0 Å². The maximum Gasteiger partial charge on any atom is 0.317 e. The summed E-state index contributed by atoms with van der Waals surface area (Å²) >= 11 is 5.55. The summed E-state index contributed by atoms with van der Waals surface area (Å²) < 4.78 is 26.7. The fourth-order valence-electron chi connectivity index (χ4n) is 2.25. The molecule has 1 heterocycles. The van der Waals surface area contributed by atoms with Gasteiger partial charge in [-0.05, 0) is 42.3 Å². The van der Waals surface area contributed by atoms with Crippen LogP contribution in [0.3, 0.4) is 0 Å². The summed E-state index contributed by atoms with van der Waals surface area (Å²) in [5.41, 5.74) is 0.723. The van der Waals surface area contributed by atoms with E-state index in [0.717, 1.165) is 5.56 Å². The highest BCUT2D eigenvalue weighted by Gasteiger charge is 2.32. The molecule has 2 rings (SSSR count). The van der Waals surface area contributed by atoms with E-state index in [2.05, 4.69) is 5.32 Å². The third-order valence-corrected chi connectivity index (χ3v) is 3.48. The average Bonchev–Trinajstić information content (AvgIpc) is 2.39. The minimum atomic E-state index is -1.14. The summed E-state index contributed by atoms with van der Waals surface area (Å²) in [6.45, 7) is 1.05. The molecule has 1 saturated heterocycles. The van der Waals surface area contributed by atoms with Crippen molar-refractivity contribution in [2.24, 2.45) is 0 Å². The Morgan fingerprint density at radius 3 is 2.68 bits per heavy atom. The molecule has 1 aromatic rings. The Hall–Kier alpha value is -1.20. The highest BCUT2D eigenvalue weighted by atomic mass is 35.5. The van der Waals surface area contributed by atoms with E-state index in [9.17, 15) is 13.6 Å². The highest BCUT2D eigenvalue weighted by molar-refractivity contribution is 6.62. The average molecular weight is 289 g/mol. The van der Waals surface area contributed by atoms with Crippen molar-refractivity contribution in [3.05, 3.63) is 35.6 Å². The van der Waals surface area contributed by atoms with E-state index in [1.54, 1.807) is 12.1 Å². The van der Waals surface area contributed by atoms with Crippen LogP contribution in [0.1, 0.15) is 12.0 Å². The van der Waals surface area contributed by atoms with E-state index in [1.807, 2.05) is 0 Å². The number of nitrogens with one attached hydrogen (secondary N) is 1. The van der Waals surface area contributed by atoms with Crippen LogP contribution >= 0.6 is 11.6 Å². The van der Waals surface area contributed by atoms with E-state index >= 15 is 0 Å². The zero-order chi connectivity index (χ0) is 13.8. The molecule has 0 spiro atoms. The summed E-state index contributed by atoms with van der Waals surface area (Å²) in [5, 5.41) is 2.24. The third-order valence-electron chi connectivity index (χ3n) is 3.27. The van der Waals surface area contributed by atoms with E-state index in [1.165, 1.54) is 17.0 Å². The molecule has 1 aliphatic heterocycles. The second kappa shape index (κ2) is 6.30. The smallest absolute Gasteiger partial charge is 0.317 e. The van der Waals surface area contributed by atoms with Gasteiger partial charge in [-0.3, -0.25) is 4.79 Å². The Morgan fingerprint density at radius 1 is 1.42 bits per heavy atom. The Bertz CT molecular complexity index is 441. The van der Waals surface area contributed by atoms with Gasteiger partial charge < -0.3 is 10.2 Å². The number of benzene rings is 1. The van der Waals surface area contributed by atoms with E-state index in [-0.39, 0.29) is 18.9 Å². The zero-order valence-corrected chi connectivity index (χ0v) is 11.0. The van der Waals surface area contributed by atoms with Crippen molar-refractivity contribution in [2.45, 2.75) is 25.2 Å². The van der Waals surface area contributed by atoms with Crippen molar-refractivity contribution in [3.8, 4) is 0 Å². The normalized spacial score (nSPS) is 23.1. The lowest BCUT2D eigenvalue weighted by Gasteiger charge is -2.35. The number of rotatable bonds is 3. The molecule has 0 saturated carbocycles. The maximum atomic E-state index is 13.9. The van der Waals surface area contributed by atoms with E-state index in [4.69, 9.17) is 11.6 Å². The summed E-state index contributed by atoms with van der Waals surface area (Å²) in [6.07, 6.45) is -0.627. The van der Waals surface area contributed by atoms with E-state index < -0.39 is 17.6 Å². The lowest BCUT2D eigenvalue weighted by Crippen LogP contribution is -2.51. The quantitative estimate of drug-likeness (QED) is 0.685. The van der Waals surface area contributed by atoms with Gasteiger partial charge in [-0.2, -0.15) is 0 Å². The second-order valence-corrected chi connectivity index (χ2v) is 4.91. The molecular formula is C13H15ClF2N2O. The number of alkyl halides is 1. The second-order valence-electron chi connectivity index (χ2n) is 4.58. The van der Waals surface area contributed by atoms with Gasteiger partial charge in [-0.25, -0.2) is 8.78 Å². The van der Waals surface area contributed by atoms with Crippen molar-refractivity contribution in [3.63, 3.8) is 0 Å². The molecule has 0 aliphatic carbocycles. The van der Waals surface area contributed by atoms with Gasteiger partial charge >= 0.3 is 5.37 Å². The van der Waals surface area contributed by atoms with Gasteiger partial charge in [0.05, 0.1) is 6.04 Å². The molecule has 2 atom stereocenters. The predicted octanol–water partition coefficient (Wildman–Crippen LogP) is 2.69. The maximum absolute atomic E-state index is 13.9. The number of hydrogen-bond donors (Lipinski definition) is 1. The van der Waals surface area contributed by atoms with Crippen LogP contribution in [0.2, 0.25) is 0 Å². The number of halogens is 3. The Labute approximate surface area is 115 Å². The van der Waals surface area contributed by atoms with Crippen LogP contribution in [-0.2, 0) is 6.54 Å². The molecule has 6 heteroatoms. The molecule has 0 radical (unpaired) electrons. The lowest BCUT2D eigenvalue weighted by atomic mass is 10.0. The van der Waals surface area contributed by atoms with Crippen molar-refractivity contribution in [2.75, 3.05) is 13.1 Å². The van der Waals surface area contributed by atoms with Crippen molar-refractivity contribution in [1.29, 1.82) is 0 Å². The Kier molecular flexibility index (Phi) is 4.71. The summed E-state index contributed by atoms with van der Waals surface area (Å²) in [4.78, 5) is 12.8. The number of piperidine rings is 1. The molecular weight excluding hydrogens is 274 g/mol. The first-order chi connectivity index (χ1) is 9.08. The van der Waals surface area contributed by atoms with Crippen LogP contribution in [-0.4, -0.2) is 35.6 Å². The Morgan fingerprint density at radius 2 is 2.11 bits per heavy atom.